The van der Waals surface area contributed by atoms with Crippen LogP contribution in [0.2, 0.25) is 0 Å². The molecule has 3 nitrogen and oxygen atoms in total. The SMILES string of the molecule is CC1(C)C(=O)CC[C@]2(C)C3=CC[C@@]4(C)[C@@H]5C[C@](C)(C(=O)O)CC[C@]5(C)CC[C@]4(C)C3=CC[C@@H]12. The Balaban J connectivity index is 1.60. The first-order valence-electron chi connectivity index (χ1n) is 13.3. The predicted molar refractivity (Wildman–Crippen MR) is 132 cm³/mol. The summed E-state index contributed by atoms with van der Waals surface area (Å²) >= 11 is 0. The van der Waals surface area contributed by atoms with Crippen molar-refractivity contribution in [3.63, 3.8) is 0 Å². The number of allylic oxidation sites excluding steroid dienone is 4. The van der Waals surface area contributed by atoms with Crippen molar-refractivity contribution in [3.8, 4) is 0 Å². The smallest absolute Gasteiger partial charge is 0.309 e. The Morgan fingerprint density at radius 2 is 1.55 bits per heavy atom. The molecule has 0 aromatic rings. The molecule has 0 saturated heterocycles. The lowest BCUT2D eigenvalue weighted by atomic mass is 9.36. The number of ketones is 1. The number of Topliss-reactive ketones (excluding diaryl/α,β-unsaturated/α-hetero) is 1. The van der Waals surface area contributed by atoms with Crippen molar-refractivity contribution >= 4 is 11.8 Å². The number of hydrogen-bond donors (Lipinski definition) is 1. The predicted octanol–water partition coefficient (Wildman–Crippen LogP) is 7.36. The lowest BCUT2D eigenvalue weighted by Crippen LogP contribution is -2.61. The van der Waals surface area contributed by atoms with Crippen molar-refractivity contribution < 1.29 is 14.7 Å². The van der Waals surface area contributed by atoms with E-state index in [1.54, 1.807) is 5.57 Å². The zero-order valence-corrected chi connectivity index (χ0v) is 21.9. The van der Waals surface area contributed by atoms with E-state index in [1.165, 1.54) is 18.4 Å². The van der Waals surface area contributed by atoms with Crippen molar-refractivity contribution in [1.29, 1.82) is 0 Å². The topological polar surface area (TPSA) is 54.4 Å². The fraction of sp³-hybridized carbons (Fsp3) is 0.800. The highest BCUT2D eigenvalue weighted by molar-refractivity contribution is 5.86. The molecule has 5 rings (SSSR count). The number of fused-ring (bicyclic) bond motifs is 7. The number of carbonyl (C=O) groups is 2. The molecule has 0 amide bonds. The maximum Gasteiger partial charge on any atom is 0.309 e. The number of carboxylic acid groups (broad SMARTS) is 1. The summed E-state index contributed by atoms with van der Waals surface area (Å²) in [7, 11) is 0. The van der Waals surface area contributed by atoms with E-state index in [9.17, 15) is 14.7 Å². The number of rotatable bonds is 1. The second-order valence-electron chi connectivity index (χ2n) is 14.3. The molecule has 5 aliphatic rings. The lowest BCUT2D eigenvalue weighted by molar-refractivity contribution is -0.170. The molecule has 3 heteroatoms. The Bertz CT molecular complexity index is 987. The largest absolute Gasteiger partial charge is 0.481 e. The molecule has 0 heterocycles. The zero-order valence-electron chi connectivity index (χ0n) is 21.9. The molecular formula is C30H44O3. The Morgan fingerprint density at radius 3 is 2.21 bits per heavy atom. The summed E-state index contributed by atoms with van der Waals surface area (Å²) in [5.41, 5.74) is 2.62. The van der Waals surface area contributed by atoms with E-state index in [4.69, 9.17) is 0 Å². The van der Waals surface area contributed by atoms with Gasteiger partial charge in [-0.1, -0.05) is 53.7 Å². The average Bonchev–Trinajstić information content (AvgIpc) is 2.74. The number of carboxylic acids is 1. The summed E-state index contributed by atoms with van der Waals surface area (Å²) in [5, 5.41) is 10.1. The Kier molecular flexibility index (Phi) is 4.70. The number of aliphatic carboxylic acids is 1. The van der Waals surface area contributed by atoms with Crippen molar-refractivity contribution in [2.45, 2.75) is 106 Å². The average molecular weight is 453 g/mol. The third-order valence-corrected chi connectivity index (χ3v) is 12.5. The van der Waals surface area contributed by atoms with E-state index in [0.717, 1.165) is 38.5 Å². The van der Waals surface area contributed by atoms with Gasteiger partial charge in [-0.25, -0.2) is 0 Å². The van der Waals surface area contributed by atoms with Crippen LogP contribution in [-0.4, -0.2) is 16.9 Å². The van der Waals surface area contributed by atoms with Crippen molar-refractivity contribution in [2.24, 2.45) is 44.3 Å². The van der Waals surface area contributed by atoms with Crippen LogP contribution in [0.15, 0.2) is 23.3 Å². The minimum Gasteiger partial charge on any atom is -0.481 e. The van der Waals surface area contributed by atoms with Crippen molar-refractivity contribution in [3.05, 3.63) is 23.3 Å². The molecule has 3 saturated carbocycles. The van der Waals surface area contributed by atoms with Gasteiger partial charge in [-0.2, -0.15) is 0 Å². The summed E-state index contributed by atoms with van der Waals surface area (Å²) in [6, 6.07) is 0. The number of hydrogen-bond acceptors (Lipinski definition) is 2. The van der Waals surface area contributed by atoms with Gasteiger partial charge in [0.15, 0.2) is 0 Å². The van der Waals surface area contributed by atoms with Gasteiger partial charge in [0.2, 0.25) is 0 Å². The standard InChI is InChI=1S/C30H44O3/c1-25(2)21-9-8-20-19(28(21,5)12-11-23(25)31)10-13-30(7)22-18-27(4,24(32)33)15-14-26(22,3)16-17-29(20,30)6/h8,10,21-22H,9,11-18H2,1-7H3,(H,32,33)/t21-,22+,26+,27+,28+,29+,30-/m0/s1. The maximum atomic E-state index is 12.8. The molecule has 0 aliphatic heterocycles. The van der Waals surface area contributed by atoms with E-state index in [0.29, 0.717) is 24.0 Å². The summed E-state index contributed by atoms with van der Waals surface area (Å²) in [5.74, 6) is 0.590. The van der Waals surface area contributed by atoms with Crippen molar-refractivity contribution in [2.75, 3.05) is 0 Å². The minimum atomic E-state index is -0.617. The summed E-state index contributed by atoms with van der Waals surface area (Å²) in [6.45, 7) is 16.2. The molecule has 0 aromatic carbocycles. The van der Waals surface area contributed by atoms with Crippen LogP contribution >= 0.6 is 0 Å². The maximum absolute atomic E-state index is 12.8. The molecule has 0 spiro atoms. The fourth-order valence-electron chi connectivity index (χ4n) is 9.61. The second-order valence-corrected chi connectivity index (χ2v) is 14.3. The molecule has 33 heavy (non-hydrogen) atoms. The van der Waals surface area contributed by atoms with E-state index >= 15 is 0 Å². The van der Waals surface area contributed by atoms with E-state index in [2.05, 4.69) is 53.7 Å². The van der Waals surface area contributed by atoms with Gasteiger partial charge >= 0.3 is 5.97 Å². The van der Waals surface area contributed by atoms with E-state index < -0.39 is 11.4 Å². The normalized spacial score (nSPS) is 50.7. The van der Waals surface area contributed by atoms with Crippen LogP contribution in [0.5, 0.6) is 0 Å². The number of carbonyl (C=O) groups excluding carboxylic acids is 1. The molecule has 0 aromatic heterocycles. The third kappa shape index (κ3) is 2.74. The van der Waals surface area contributed by atoms with Gasteiger partial charge in [-0.3, -0.25) is 9.59 Å². The summed E-state index contributed by atoms with van der Waals surface area (Å²) < 4.78 is 0. The highest BCUT2D eigenvalue weighted by atomic mass is 16.4. The van der Waals surface area contributed by atoms with Crippen LogP contribution in [-0.2, 0) is 9.59 Å². The van der Waals surface area contributed by atoms with Gasteiger partial charge in [-0.15, -0.1) is 0 Å². The summed E-state index contributed by atoms with van der Waals surface area (Å²) in [6.07, 6.45) is 13.7. The van der Waals surface area contributed by atoms with Crippen LogP contribution in [0.4, 0.5) is 0 Å². The van der Waals surface area contributed by atoms with Crippen LogP contribution in [0.25, 0.3) is 0 Å². The molecule has 0 radical (unpaired) electrons. The lowest BCUT2D eigenvalue weighted by Gasteiger charge is -2.68. The van der Waals surface area contributed by atoms with E-state index in [-0.39, 0.29) is 27.1 Å². The van der Waals surface area contributed by atoms with Crippen LogP contribution in [0, 0.1) is 44.3 Å². The minimum absolute atomic E-state index is 0.0642. The Hall–Kier alpha value is -1.38. The molecule has 7 atom stereocenters. The molecule has 5 aliphatic carbocycles. The van der Waals surface area contributed by atoms with Gasteiger partial charge in [0.1, 0.15) is 5.78 Å². The molecule has 0 bridgehead atoms. The quantitative estimate of drug-likeness (QED) is 0.452. The molecule has 182 valence electrons. The Labute approximate surface area is 200 Å². The fourth-order valence-corrected chi connectivity index (χ4v) is 9.61. The molecule has 1 N–H and O–H groups in total. The van der Waals surface area contributed by atoms with Gasteiger partial charge < -0.3 is 5.11 Å². The first-order chi connectivity index (χ1) is 15.1. The highest BCUT2D eigenvalue weighted by Crippen LogP contribution is 2.74. The zero-order chi connectivity index (χ0) is 24.2. The van der Waals surface area contributed by atoms with Crippen LogP contribution < -0.4 is 0 Å². The molecule has 3 fully saturated rings. The monoisotopic (exact) mass is 452 g/mol. The Morgan fingerprint density at radius 1 is 0.879 bits per heavy atom. The molecular weight excluding hydrogens is 408 g/mol. The highest BCUT2D eigenvalue weighted by Gasteiger charge is 2.66. The van der Waals surface area contributed by atoms with Gasteiger partial charge in [0.05, 0.1) is 5.41 Å². The van der Waals surface area contributed by atoms with Crippen LogP contribution in [0.1, 0.15) is 106 Å². The van der Waals surface area contributed by atoms with Gasteiger partial charge in [0, 0.05) is 11.8 Å². The summed E-state index contributed by atoms with van der Waals surface area (Å²) in [4.78, 5) is 25.1. The van der Waals surface area contributed by atoms with Gasteiger partial charge in [-0.05, 0) is 103 Å². The third-order valence-electron chi connectivity index (χ3n) is 12.5. The molecule has 0 unspecified atom stereocenters. The van der Waals surface area contributed by atoms with Gasteiger partial charge in [0.25, 0.3) is 0 Å². The van der Waals surface area contributed by atoms with Crippen molar-refractivity contribution in [1.82, 2.24) is 0 Å². The van der Waals surface area contributed by atoms with E-state index in [1.807, 2.05) is 6.92 Å². The first-order valence-corrected chi connectivity index (χ1v) is 13.3. The second kappa shape index (κ2) is 6.64. The van der Waals surface area contributed by atoms with Crippen LogP contribution in [0.3, 0.4) is 0 Å². The first kappa shape index (κ1) is 23.4.